The summed E-state index contributed by atoms with van der Waals surface area (Å²) in [6.07, 6.45) is -1.23. The molecule has 1 aromatic carbocycles. The second-order valence-corrected chi connectivity index (χ2v) is 12.1. The van der Waals surface area contributed by atoms with E-state index in [9.17, 15) is 27.6 Å². The van der Waals surface area contributed by atoms with Crippen molar-refractivity contribution in [3.63, 3.8) is 0 Å². The summed E-state index contributed by atoms with van der Waals surface area (Å²) in [5.74, 6) is -1.11. The van der Waals surface area contributed by atoms with Crippen LogP contribution in [-0.2, 0) is 22.3 Å². The SMILES string of the molecule is Nc1ccc(-c2[nH]nc(C(F)(F)F)c2-c2cnc(C(=O)NCc3ccc(C(=O)N4CCC(C(=O)N5CCNCC5)CC4)c(Cl)c3)[nH]2)nc1.O=CO. The summed E-state index contributed by atoms with van der Waals surface area (Å²) in [6, 6.07) is 7.73. The van der Waals surface area contributed by atoms with Crippen LogP contribution in [0.3, 0.4) is 0 Å². The lowest BCUT2D eigenvalue weighted by atomic mass is 9.94. The number of nitrogen functional groups attached to an aromatic ring is 1. The number of hydrogen-bond donors (Lipinski definition) is 6. The lowest BCUT2D eigenvalue weighted by Gasteiger charge is -2.35. The minimum Gasteiger partial charge on any atom is -0.483 e. The van der Waals surface area contributed by atoms with Gasteiger partial charge >= 0.3 is 6.18 Å². The number of aromatic amines is 2. The van der Waals surface area contributed by atoms with E-state index in [1.807, 2.05) is 4.90 Å². The first kappa shape index (κ1) is 36.8. The minimum absolute atomic E-state index is 0.00268. The van der Waals surface area contributed by atoms with E-state index in [0.29, 0.717) is 55.8 Å². The van der Waals surface area contributed by atoms with Crippen molar-refractivity contribution in [1.29, 1.82) is 0 Å². The van der Waals surface area contributed by atoms with Gasteiger partial charge in [0.2, 0.25) is 5.91 Å². The fourth-order valence-electron chi connectivity index (χ4n) is 5.86. The highest BCUT2D eigenvalue weighted by Crippen LogP contribution is 2.40. The van der Waals surface area contributed by atoms with Crippen LogP contribution < -0.4 is 16.4 Å². The predicted octanol–water partition coefficient (Wildman–Crippen LogP) is 3.03. The van der Waals surface area contributed by atoms with Crippen LogP contribution in [0.4, 0.5) is 18.9 Å². The monoisotopic (exact) mass is 730 g/mol. The third kappa shape index (κ3) is 8.64. The van der Waals surface area contributed by atoms with E-state index in [1.165, 1.54) is 18.3 Å². The Morgan fingerprint density at radius 1 is 1.04 bits per heavy atom. The number of H-pyrrole nitrogens is 2. The molecule has 0 spiro atoms. The standard InChI is InChI=1S/C31H32ClF3N10O3.CH2O2/c32-21-13-17(1-3-20(21)30(48)44-9-5-18(6-10-44)29(47)45-11-7-37-8-12-45)14-40-28(46)27-39-16-23(41-27)24-25(22-4-2-19(36)15-38-22)42-43-26(24)31(33,34)35;2-1-3/h1-4,13,15-16,18,37H,5-12,14,36H2,(H,39,41)(H,40,46)(H,42,43);1H,(H,2,3). The van der Waals surface area contributed by atoms with E-state index in [1.54, 1.807) is 23.1 Å². The molecule has 19 heteroatoms. The van der Waals surface area contributed by atoms with E-state index in [0.717, 1.165) is 19.3 Å². The molecule has 6 rings (SSSR count). The van der Waals surface area contributed by atoms with Crippen molar-refractivity contribution in [2.24, 2.45) is 5.92 Å². The van der Waals surface area contributed by atoms with Gasteiger partial charge in [0, 0.05) is 51.7 Å². The number of rotatable bonds is 7. The molecule has 7 N–H and O–H groups in total. The van der Waals surface area contributed by atoms with E-state index in [-0.39, 0.29) is 64.2 Å². The van der Waals surface area contributed by atoms with Crippen LogP contribution in [0.1, 0.15) is 45.1 Å². The van der Waals surface area contributed by atoms with E-state index in [4.69, 9.17) is 27.2 Å². The van der Waals surface area contributed by atoms with Crippen molar-refractivity contribution in [2.75, 3.05) is 45.0 Å². The topological polar surface area (TPSA) is 215 Å². The fraction of sp³-hybridized carbons (Fsp3) is 0.344. The number of hydrogen-bond acceptors (Lipinski definition) is 9. The number of nitrogens with zero attached hydrogens (tertiary/aromatic N) is 5. The molecule has 2 aliphatic heterocycles. The minimum atomic E-state index is -4.81. The molecule has 2 saturated heterocycles. The van der Waals surface area contributed by atoms with Gasteiger partial charge in [0.25, 0.3) is 18.3 Å². The number of imidazole rings is 1. The lowest BCUT2D eigenvalue weighted by Crippen LogP contribution is -2.50. The van der Waals surface area contributed by atoms with Crippen LogP contribution >= 0.6 is 11.6 Å². The predicted molar refractivity (Wildman–Crippen MR) is 178 cm³/mol. The zero-order valence-corrected chi connectivity index (χ0v) is 27.7. The van der Waals surface area contributed by atoms with Crippen molar-refractivity contribution < 1.29 is 37.5 Å². The highest BCUT2D eigenvalue weighted by molar-refractivity contribution is 6.33. The molecule has 4 aromatic rings. The van der Waals surface area contributed by atoms with Crippen LogP contribution in [0.5, 0.6) is 0 Å². The summed E-state index contributed by atoms with van der Waals surface area (Å²) in [5, 5.41) is 18.8. The van der Waals surface area contributed by atoms with E-state index in [2.05, 4.69) is 35.8 Å². The molecule has 5 heterocycles. The number of alkyl halides is 3. The number of pyridine rings is 1. The van der Waals surface area contributed by atoms with E-state index >= 15 is 0 Å². The van der Waals surface area contributed by atoms with Gasteiger partial charge in [-0.3, -0.25) is 29.3 Å². The number of aromatic nitrogens is 5. The number of halogens is 4. The van der Waals surface area contributed by atoms with Crippen LogP contribution in [0.15, 0.2) is 42.7 Å². The Morgan fingerprint density at radius 3 is 2.37 bits per heavy atom. The third-order valence-electron chi connectivity index (χ3n) is 8.41. The Bertz CT molecular complexity index is 1870. The summed E-state index contributed by atoms with van der Waals surface area (Å²) in [6.45, 7) is 3.61. The van der Waals surface area contributed by atoms with Crippen molar-refractivity contribution in [2.45, 2.75) is 25.6 Å². The second kappa shape index (κ2) is 16.0. The van der Waals surface area contributed by atoms with Crippen LogP contribution in [0.2, 0.25) is 5.02 Å². The molecule has 0 atom stereocenters. The average molecular weight is 731 g/mol. The van der Waals surface area contributed by atoms with Gasteiger partial charge in [-0.15, -0.1) is 0 Å². The largest absolute Gasteiger partial charge is 0.483 e. The molecule has 2 fully saturated rings. The number of carbonyl (C=O) groups excluding carboxylic acids is 3. The summed E-state index contributed by atoms with van der Waals surface area (Å²) in [7, 11) is 0. The zero-order valence-electron chi connectivity index (χ0n) is 27.0. The number of piperazine rings is 1. The van der Waals surface area contributed by atoms with Gasteiger partial charge < -0.3 is 36.3 Å². The zero-order chi connectivity index (χ0) is 36.7. The molecular weight excluding hydrogens is 697 g/mol. The lowest BCUT2D eigenvalue weighted by molar-refractivity contribution is -0.140. The Labute approximate surface area is 293 Å². The maximum Gasteiger partial charge on any atom is 0.435 e. The Kier molecular flexibility index (Phi) is 11.6. The number of carbonyl (C=O) groups is 4. The van der Waals surface area contributed by atoms with Crippen LogP contribution in [-0.4, -0.2) is 104 Å². The smallest absolute Gasteiger partial charge is 0.435 e. The molecule has 3 aromatic heterocycles. The van der Waals surface area contributed by atoms with Crippen molar-refractivity contribution >= 4 is 41.5 Å². The number of benzene rings is 1. The first-order valence-electron chi connectivity index (χ1n) is 15.8. The number of anilines is 1. The number of nitrogens with two attached hydrogens (primary N) is 1. The Balaban J connectivity index is 0.00000162. The molecule has 2 aliphatic rings. The first-order valence-corrected chi connectivity index (χ1v) is 16.1. The number of carboxylic acid groups (broad SMARTS) is 1. The van der Waals surface area contributed by atoms with Gasteiger partial charge in [0.05, 0.1) is 51.3 Å². The van der Waals surface area contributed by atoms with Crippen molar-refractivity contribution in [3.8, 4) is 22.6 Å². The summed E-state index contributed by atoms with van der Waals surface area (Å²) < 4.78 is 41.5. The molecule has 0 saturated carbocycles. The number of nitrogens with one attached hydrogen (secondary N) is 4. The normalized spacial score (nSPS) is 15.1. The molecule has 270 valence electrons. The number of amides is 3. The van der Waals surface area contributed by atoms with E-state index < -0.39 is 17.8 Å². The maximum absolute atomic E-state index is 13.8. The van der Waals surface area contributed by atoms with Gasteiger partial charge in [-0.1, -0.05) is 17.7 Å². The van der Waals surface area contributed by atoms with Gasteiger partial charge in [-0.25, -0.2) is 4.98 Å². The quantitative estimate of drug-likeness (QED) is 0.153. The molecule has 0 bridgehead atoms. The summed E-state index contributed by atoms with van der Waals surface area (Å²) >= 11 is 6.48. The van der Waals surface area contributed by atoms with Gasteiger partial charge in [0.15, 0.2) is 11.5 Å². The van der Waals surface area contributed by atoms with Crippen LogP contribution in [0, 0.1) is 5.92 Å². The number of piperidine rings is 1. The highest BCUT2D eigenvalue weighted by atomic mass is 35.5. The van der Waals surface area contributed by atoms with Gasteiger partial charge in [0.1, 0.15) is 0 Å². The van der Waals surface area contributed by atoms with Crippen molar-refractivity contribution in [1.82, 2.24) is 45.6 Å². The third-order valence-corrected chi connectivity index (χ3v) is 8.73. The molecule has 0 radical (unpaired) electrons. The average Bonchev–Trinajstić information content (AvgIpc) is 3.80. The Hall–Kier alpha value is -5.49. The summed E-state index contributed by atoms with van der Waals surface area (Å²) in [4.78, 5) is 61.7. The molecular formula is C32H34ClF3N10O5. The highest BCUT2D eigenvalue weighted by Gasteiger charge is 2.39. The molecule has 3 amide bonds. The fourth-order valence-corrected chi connectivity index (χ4v) is 6.15. The summed E-state index contributed by atoms with van der Waals surface area (Å²) in [5.41, 5.74) is 5.35. The molecule has 0 aliphatic carbocycles. The van der Waals surface area contributed by atoms with Gasteiger partial charge in [-0.2, -0.15) is 18.3 Å². The maximum atomic E-state index is 13.8. The second-order valence-electron chi connectivity index (χ2n) is 11.7. The molecule has 51 heavy (non-hydrogen) atoms. The van der Waals surface area contributed by atoms with Crippen LogP contribution in [0.25, 0.3) is 22.6 Å². The molecule has 15 nitrogen and oxygen atoms in total. The van der Waals surface area contributed by atoms with Crippen molar-refractivity contribution in [3.05, 3.63) is 70.4 Å². The van der Waals surface area contributed by atoms with Gasteiger partial charge in [-0.05, 0) is 42.7 Å². The first-order chi connectivity index (χ1) is 24.4. The number of likely N-dealkylation sites (tertiary alicyclic amines) is 1. The molecule has 0 unspecified atom stereocenters. The Morgan fingerprint density at radius 2 is 1.75 bits per heavy atom.